The zero-order valence-electron chi connectivity index (χ0n) is 8.68. The molecular formula is C12H11NO3. The highest BCUT2D eigenvalue weighted by atomic mass is 16.5. The van der Waals surface area contributed by atoms with Crippen LogP contribution in [-0.4, -0.2) is 11.8 Å². The van der Waals surface area contributed by atoms with Crippen molar-refractivity contribution in [3.63, 3.8) is 0 Å². The third kappa shape index (κ3) is 4.38. The van der Waals surface area contributed by atoms with Crippen LogP contribution in [0.25, 0.3) is 0 Å². The first kappa shape index (κ1) is 11.9. The molecule has 0 amide bonds. The summed E-state index contributed by atoms with van der Waals surface area (Å²) >= 11 is 0. The minimum Gasteiger partial charge on any atom is -0.460 e. The van der Waals surface area contributed by atoms with Gasteiger partial charge in [0.2, 0.25) is 0 Å². The summed E-state index contributed by atoms with van der Waals surface area (Å²) in [6.07, 6.45) is -0.583. The molecular weight excluding hydrogens is 206 g/mol. The van der Waals surface area contributed by atoms with Crippen LogP contribution in [0, 0.1) is 11.3 Å². The Balaban J connectivity index is 2.31. The number of nitrogens with zero attached hydrogens (tertiary/aromatic N) is 1. The lowest BCUT2D eigenvalue weighted by Gasteiger charge is -2.03. The van der Waals surface area contributed by atoms with Gasteiger partial charge in [-0.25, -0.2) is 0 Å². The van der Waals surface area contributed by atoms with E-state index in [1.807, 2.05) is 30.3 Å². The van der Waals surface area contributed by atoms with Crippen molar-refractivity contribution in [2.24, 2.45) is 0 Å². The van der Waals surface area contributed by atoms with Crippen LogP contribution in [0.15, 0.2) is 30.3 Å². The average Bonchev–Trinajstić information content (AvgIpc) is 2.28. The molecule has 0 aliphatic heterocycles. The van der Waals surface area contributed by atoms with Crippen molar-refractivity contribution in [2.45, 2.75) is 19.4 Å². The first-order chi connectivity index (χ1) is 7.72. The van der Waals surface area contributed by atoms with Gasteiger partial charge in [0.05, 0.1) is 12.5 Å². The summed E-state index contributed by atoms with van der Waals surface area (Å²) in [6, 6.07) is 10.9. The second-order valence-corrected chi connectivity index (χ2v) is 3.20. The van der Waals surface area contributed by atoms with Gasteiger partial charge in [-0.05, 0) is 5.56 Å². The van der Waals surface area contributed by atoms with Crippen LogP contribution >= 0.6 is 0 Å². The van der Waals surface area contributed by atoms with Crippen molar-refractivity contribution in [2.75, 3.05) is 0 Å². The fourth-order valence-electron chi connectivity index (χ4n) is 1.10. The molecule has 0 unspecified atom stereocenters. The van der Waals surface area contributed by atoms with E-state index in [4.69, 9.17) is 10.00 Å². The van der Waals surface area contributed by atoms with Gasteiger partial charge in [-0.3, -0.25) is 9.59 Å². The van der Waals surface area contributed by atoms with Crippen molar-refractivity contribution < 1.29 is 14.3 Å². The number of hydrogen-bond acceptors (Lipinski definition) is 4. The Morgan fingerprint density at radius 2 is 1.94 bits per heavy atom. The van der Waals surface area contributed by atoms with Crippen molar-refractivity contribution in [3.8, 4) is 6.07 Å². The number of carbonyl (C=O) groups is 2. The van der Waals surface area contributed by atoms with E-state index in [-0.39, 0.29) is 19.4 Å². The smallest absolute Gasteiger partial charge is 0.313 e. The van der Waals surface area contributed by atoms with E-state index in [0.717, 1.165) is 5.56 Å². The largest absolute Gasteiger partial charge is 0.460 e. The molecule has 0 radical (unpaired) electrons. The number of ketones is 1. The first-order valence-electron chi connectivity index (χ1n) is 4.80. The molecule has 0 aromatic heterocycles. The predicted octanol–water partition coefficient (Wildman–Crippen LogP) is 1.60. The molecule has 0 aliphatic rings. The van der Waals surface area contributed by atoms with Gasteiger partial charge in [0.25, 0.3) is 0 Å². The van der Waals surface area contributed by atoms with Crippen LogP contribution in [-0.2, 0) is 20.9 Å². The van der Waals surface area contributed by atoms with Gasteiger partial charge in [-0.15, -0.1) is 0 Å². The van der Waals surface area contributed by atoms with Gasteiger partial charge in [0.1, 0.15) is 13.0 Å². The maximum Gasteiger partial charge on any atom is 0.313 e. The van der Waals surface area contributed by atoms with Gasteiger partial charge in [-0.2, -0.15) is 5.26 Å². The highest BCUT2D eigenvalue weighted by Crippen LogP contribution is 2.02. The van der Waals surface area contributed by atoms with Crippen LogP contribution in [0.3, 0.4) is 0 Å². The average molecular weight is 217 g/mol. The summed E-state index contributed by atoms with van der Waals surface area (Å²) in [7, 11) is 0. The number of esters is 1. The molecule has 4 heteroatoms. The molecule has 1 aromatic carbocycles. The van der Waals surface area contributed by atoms with Crippen molar-refractivity contribution in [3.05, 3.63) is 35.9 Å². The molecule has 16 heavy (non-hydrogen) atoms. The van der Waals surface area contributed by atoms with Crippen molar-refractivity contribution in [1.82, 2.24) is 0 Å². The molecule has 1 rings (SSSR count). The number of ether oxygens (including phenoxy) is 1. The van der Waals surface area contributed by atoms with Gasteiger partial charge >= 0.3 is 5.97 Å². The van der Waals surface area contributed by atoms with Gasteiger partial charge in [0, 0.05) is 0 Å². The van der Waals surface area contributed by atoms with Crippen LogP contribution in [0.2, 0.25) is 0 Å². The summed E-state index contributed by atoms with van der Waals surface area (Å²) in [5.74, 6) is -1.01. The number of Topliss-reactive ketones (excluding diaryl/α,β-unsaturated/α-hetero) is 1. The Morgan fingerprint density at radius 3 is 2.56 bits per heavy atom. The molecule has 0 saturated heterocycles. The molecule has 0 bridgehead atoms. The minimum absolute atomic E-state index is 0.152. The Hall–Kier alpha value is -2.15. The molecule has 0 saturated carbocycles. The number of hydrogen-bond donors (Lipinski definition) is 0. The molecule has 0 aliphatic carbocycles. The highest BCUT2D eigenvalue weighted by Gasteiger charge is 2.10. The fourth-order valence-corrected chi connectivity index (χ4v) is 1.10. The Labute approximate surface area is 93.5 Å². The van der Waals surface area contributed by atoms with Crippen molar-refractivity contribution >= 4 is 11.8 Å². The summed E-state index contributed by atoms with van der Waals surface area (Å²) < 4.78 is 4.88. The summed E-state index contributed by atoms with van der Waals surface area (Å²) in [4.78, 5) is 22.1. The second kappa shape index (κ2) is 6.36. The van der Waals surface area contributed by atoms with E-state index in [9.17, 15) is 9.59 Å². The Kier molecular flexibility index (Phi) is 4.74. The molecule has 0 N–H and O–H groups in total. The maximum atomic E-state index is 11.1. The number of benzene rings is 1. The fraction of sp³-hybridized carbons (Fsp3) is 0.250. The van der Waals surface area contributed by atoms with E-state index in [1.54, 1.807) is 6.07 Å². The lowest BCUT2D eigenvalue weighted by molar-refractivity contribution is -0.147. The SMILES string of the molecule is N#CCC(=O)CC(=O)OCc1ccccc1. The summed E-state index contributed by atoms with van der Waals surface area (Å²) in [5, 5.41) is 8.23. The molecule has 1 aromatic rings. The monoisotopic (exact) mass is 217 g/mol. The van der Waals surface area contributed by atoms with E-state index in [0.29, 0.717) is 0 Å². The third-order valence-electron chi connectivity index (χ3n) is 1.86. The summed E-state index contributed by atoms with van der Waals surface area (Å²) in [6.45, 7) is 0.152. The Bertz CT molecular complexity index is 406. The molecule has 4 nitrogen and oxygen atoms in total. The number of carbonyl (C=O) groups excluding carboxylic acids is 2. The third-order valence-corrected chi connectivity index (χ3v) is 1.86. The normalized spacial score (nSPS) is 9.19. The second-order valence-electron chi connectivity index (χ2n) is 3.20. The van der Waals surface area contributed by atoms with Crippen LogP contribution in [0.4, 0.5) is 0 Å². The first-order valence-corrected chi connectivity index (χ1v) is 4.80. The van der Waals surface area contributed by atoms with Crippen LogP contribution < -0.4 is 0 Å². The Morgan fingerprint density at radius 1 is 1.25 bits per heavy atom. The van der Waals surface area contributed by atoms with E-state index < -0.39 is 11.8 Å². The van der Waals surface area contributed by atoms with E-state index in [1.165, 1.54) is 0 Å². The predicted molar refractivity (Wildman–Crippen MR) is 56.1 cm³/mol. The van der Waals surface area contributed by atoms with E-state index >= 15 is 0 Å². The van der Waals surface area contributed by atoms with Crippen LogP contribution in [0.5, 0.6) is 0 Å². The van der Waals surface area contributed by atoms with E-state index in [2.05, 4.69) is 0 Å². The molecule has 0 atom stereocenters. The lowest BCUT2D eigenvalue weighted by atomic mass is 10.2. The topological polar surface area (TPSA) is 67.2 Å². The number of rotatable bonds is 5. The zero-order chi connectivity index (χ0) is 11.8. The standard InChI is InChI=1S/C12H11NO3/c13-7-6-11(14)8-12(15)16-9-10-4-2-1-3-5-10/h1-5H,6,8-9H2. The molecule has 0 spiro atoms. The zero-order valence-corrected chi connectivity index (χ0v) is 8.68. The van der Waals surface area contributed by atoms with Gasteiger partial charge < -0.3 is 4.74 Å². The molecule has 0 heterocycles. The molecule has 82 valence electrons. The minimum atomic E-state index is -0.593. The molecule has 0 fully saturated rings. The van der Waals surface area contributed by atoms with Gasteiger partial charge in [-0.1, -0.05) is 30.3 Å². The number of nitriles is 1. The quantitative estimate of drug-likeness (QED) is 0.555. The highest BCUT2D eigenvalue weighted by molar-refractivity contribution is 5.96. The van der Waals surface area contributed by atoms with Crippen molar-refractivity contribution in [1.29, 1.82) is 5.26 Å². The van der Waals surface area contributed by atoms with Gasteiger partial charge in [0.15, 0.2) is 5.78 Å². The van der Waals surface area contributed by atoms with Crippen LogP contribution in [0.1, 0.15) is 18.4 Å². The maximum absolute atomic E-state index is 11.1. The summed E-state index contributed by atoms with van der Waals surface area (Å²) in [5.41, 5.74) is 0.864. The lowest BCUT2D eigenvalue weighted by Crippen LogP contribution is -2.10.